The summed E-state index contributed by atoms with van der Waals surface area (Å²) < 4.78 is 16.9. The van der Waals surface area contributed by atoms with Gasteiger partial charge in [-0.1, -0.05) is 0 Å². The van der Waals surface area contributed by atoms with Crippen LogP contribution in [0.5, 0.6) is 0 Å². The van der Waals surface area contributed by atoms with E-state index in [1.165, 1.54) is 6.42 Å². The van der Waals surface area contributed by atoms with Crippen molar-refractivity contribution < 1.29 is 19.3 Å². The van der Waals surface area contributed by atoms with Gasteiger partial charge in [0.05, 0.1) is 31.0 Å². The molecule has 19 heavy (non-hydrogen) atoms. The molecule has 2 fully saturated rings. The Morgan fingerprint density at radius 2 is 1.68 bits per heavy atom. The first-order valence-corrected chi connectivity index (χ1v) is 7.74. The van der Waals surface area contributed by atoms with E-state index in [0.717, 1.165) is 32.1 Å². The molecule has 0 radical (unpaired) electrons. The van der Waals surface area contributed by atoms with E-state index < -0.39 is 6.29 Å². The lowest BCUT2D eigenvalue weighted by atomic mass is 10.1. The molecule has 0 amide bonds. The zero-order valence-corrected chi connectivity index (χ0v) is 12.2. The zero-order valence-electron chi connectivity index (χ0n) is 12.2. The summed E-state index contributed by atoms with van der Waals surface area (Å²) in [5.41, 5.74) is 0. The van der Waals surface area contributed by atoms with Crippen LogP contribution in [0.4, 0.5) is 0 Å². The molecule has 4 unspecified atom stereocenters. The van der Waals surface area contributed by atoms with Gasteiger partial charge in [0.2, 0.25) is 0 Å². The van der Waals surface area contributed by atoms with Gasteiger partial charge in [-0.25, -0.2) is 0 Å². The smallest absolute Gasteiger partial charge is 0.154 e. The van der Waals surface area contributed by atoms with Crippen molar-refractivity contribution in [2.75, 3.05) is 6.61 Å². The average Bonchev–Trinajstić information content (AvgIpc) is 2.96. The van der Waals surface area contributed by atoms with Crippen LogP contribution < -0.4 is 0 Å². The molecule has 2 saturated heterocycles. The lowest BCUT2D eigenvalue weighted by Gasteiger charge is -2.17. The van der Waals surface area contributed by atoms with Crippen molar-refractivity contribution in [3.05, 3.63) is 0 Å². The molecule has 5 atom stereocenters. The van der Waals surface area contributed by atoms with Gasteiger partial charge < -0.3 is 19.3 Å². The lowest BCUT2D eigenvalue weighted by Crippen LogP contribution is -2.22. The molecule has 0 aromatic heterocycles. The summed E-state index contributed by atoms with van der Waals surface area (Å²) >= 11 is 0. The van der Waals surface area contributed by atoms with E-state index in [9.17, 15) is 5.11 Å². The van der Waals surface area contributed by atoms with Crippen molar-refractivity contribution in [1.82, 2.24) is 0 Å². The van der Waals surface area contributed by atoms with Gasteiger partial charge in [0.15, 0.2) is 6.29 Å². The van der Waals surface area contributed by atoms with E-state index in [-0.39, 0.29) is 6.10 Å². The molecule has 4 heteroatoms. The molecule has 0 aromatic rings. The van der Waals surface area contributed by atoms with E-state index in [2.05, 4.69) is 13.8 Å². The Kier molecular flexibility index (Phi) is 6.07. The monoisotopic (exact) mass is 272 g/mol. The minimum atomic E-state index is -0.654. The minimum absolute atomic E-state index is 0.170. The molecule has 1 N–H and O–H groups in total. The molecule has 0 aliphatic carbocycles. The maximum Gasteiger partial charge on any atom is 0.154 e. The van der Waals surface area contributed by atoms with E-state index in [4.69, 9.17) is 14.2 Å². The standard InChI is InChI=1S/C15H28O4/c1-11-6-8-13(18-11)4-3-5-15(16)17-10-14-9-7-12(2)19-14/h11-16H,3-10H2,1-2H3/t11-,12?,13?,14?,15?/m0/s1. The lowest BCUT2D eigenvalue weighted by molar-refractivity contribution is -0.132. The highest BCUT2D eigenvalue weighted by Crippen LogP contribution is 2.24. The van der Waals surface area contributed by atoms with E-state index in [1.807, 2.05) is 0 Å². The first kappa shape index (κ1) is 15.2. The van der Waals surface area contributed by atoms with E-state index in [0.29, 0.717) is 31.3 Å². The van der Waals surface area contributed by atoms with Gasteiger partial charge in [-0.2, -0.15) is 0 Å². The fraction of sp³-hybridized carbons (Fsp3) is 1.00. The molecule has 0 aromatic carbocycles. The third-order valence-electron chi connectivity index (χ3n) is 4.09. The minimum Gasteiger partial charge on any atom is -0.375 e. The average molecular weight is 272 g/mol. The molecule has 2 aliphatic rings. The molecule has 0 spiro atoms. The number of aliphatic hydroxyl groups is 1. The van der Waals surface area contributed by atoms with E-state index >= 15 is 0 Å². The summed E-state index contributed by atoms with van der Waals surface area (Å²) in [7, 11) is 0. The van der Waals surface area contributed by atoms with Crippen LogP contribution >= 0.6 is 0 Å². The second-order valence-corrected chi connectivity index (χ2v) is 6.01. The molecule has 112 valence electrons. The second kappa shape index (κ2) is 7.58. The number of hydrogen-bond acceptors (Lipinski definition) is 4. The molecule has 2 heterocycles. The normalized spacial score (nSPS) is 36.8. The van der Waals surface area contributed by atoms with Crippen LogP contribution in [0.25, 0.3) is 0 Å². The molecule has 0 saturated carbocycles. The van der Waals surface area contributed by atoms with Crippen LogP contribution in [-0.4, -0.2) is 42.4 Å². The van der Waals surface area contributed by atoms with Crippen molar-refractivity contribution in [1.29, 1.82) is 0 Å². The highest BCUT2D eigenvalue weighted by Gasteiger charge is 2.23. The summed E-state index contributed by atoms with van der Waals surface area (Å²) in [6, 6.07) is 0. The topological polar surface area (TPSA) is 47.9 Å². The largest absolute Gasteiger partial charge is 0.375 e. The van der Waals surface area contributed by atoms with Crippen LogP contribution in [0.1, 0.15) is 58.8 Å². The zero-order chi connectivity index (χ0) is 13.7. The van der Waals surface area contributed by atoms with Crippen molar-refractivity contribution in [3.63, 3.8) is 0 Å². The van der Waals surface area contributed by atoms with Gasteiger partial charge in [0.25, 0.3) is 0 Å². The van der Waals surface area contributed by atoms with Gasteiger partial charge in [0.1, 0.15) is 0 Å². The van der Waals surface area contributed by atoms with E-state index in [1.54, 1.807) is 0 Å². The molecular formula is C15H28O4. The highest BCUT2D eigenvalue weighted by atomic mass is 16.6. The Morgan fingerprint density at radius 1 is 1.05 bits per heavy atom. The maximum atomic E-state index is 9.78. The van der Waals surface area contributed by atoms with Crippen LogP contribution in [0.3, 0.4) is 0 Å². The van der Waals surface area contributed by atoms with Crippen LogP contribution in [-0.2, 0) is 14.2 Å². The van der Waals surface area contributed by atoms with Crippen LogP contribution in [0.15, 0.2) is 0 Å². The van der Waals surface area contributed by atoms with Crippen LogP contribution in [0.2, 0.25) is 0 Å². The Balaban J connectivity index is 1.49. The van der Waals surface area contributed by atoms with Crippen molar-refractivity contribution in [3.8, 4) is 0 Å². The molecular weight excluding hydrogens is 244 g/mol. The highest BCUT2D eigenvalue weighted by molar-refractivity contribution is 4.71. The Labute approximate surface area is 116 Å². The predicted molar refractivity (Wildman–Crippen MR) is 72.9 cm³/mol. The Morgan fingerprint density at radius 3 is 2.26 bits per heavy atom. The summed E-state index contributed by atoms with van der Waals surface area (Å²) in [4.78, 5) is 0. The fourth-order valence-electron chi connectivity index (χ4n) is 2.93. The summed E-state index contributed by atoms with van der Waals surface area (Å²) in [6.07, 6.45) is 7.80. The summed E-state index contributed by atoms with van der Waals surface area (Å²) in [5, 5.41) is 9.78. The van der Waals surface area contributed by atoms with Gasteiger partial charge in [-0.05, 0) is 58.8 Å². The Bertz CT molecular complexity index is 259. The first-order valence-electron chi connectivity index (χ1n) is 7.74. The number of rotatable bonds is 7. The van der Waals surface area contributed by atoms with Gasteiger partial charge in [-0.15, -0.1) is 0 Å². The Hall–Kier alpha value is -0.160. The summed E-state index contributed by atoms with van der Waals surface area (Å²) in [6.45, 7) is 4.72. The molecule has 0 bridgehead atoms. The van der Waals surface area contributed by atoms with Crippen molar-refractivity contribution in [2.24, 2.45) is 0 Å². The SMILES string of the molecule is CC1CCC(COC(O)CCCC2CC[C@H](C)O2)O1. The first-order chi connectivity index (χ1) is 9.13. The van der Waals surface area contributed by atoms with Gasteiger partial charge in [0, 0.05) is 0 Å². The predicted octanol–water partition coefficient (Wildman–Crippen LogP) is 2.63. The molecule has 2 aliphatic heterocycles. The maximum absolute atomic E-state index is 9.78. The third-order valence-corrected chi connectivity index (χ3v) is 4.09. The number of aliphatic hydroxyl groups excluding tert-OH is 1. The van der Waals surface area contributed by atoms with Crippen molar-refractivity contribution >= 4 is 0 Å². The number of ether oxygens (including phenoxy) is 3. The molecule has 2 rings (SSSR count). The molecule has 4 nitrogen and oxygen atoms in total. The number of hydrogen-bond donors (Lipinski definition) is 1. The summed E-state index contributed by atoms with van der Waals surface area (Å²) in [5.74, 6) is 0. The van der Waals surface area contributed by atoms with Crippen molar-refractivity contribution in [2.45, 2.75) is 89.5 Å². The third kappa shape index (κ3) is 5.38. The van der Waals surface area contributed by atoms with Gasteiger partial charge >= 0.3 is 0 Å². The van der Waals surface area contributed by atoms with Gasteiger partial charge in [-0.3, -0.25) is 0 Å². The second-order valence-electron chi connectivity index (χ2n) is 6.01. The quantitative estimate of drug-likeness (QED) is 0.724. The van der Waals surface area contributed by atoms with Crippen LogP contribution in [0, 0.1) is 0 Å². The fourth-order valence-corrected chi connectivity index (χ4v) is 2.93.